The van der Waals surface area contributed by atoms with E-state index in [4.69, 9.17) is 0 Å². The van der Waals surface area contributed by atoms with Gasteiger partial charge in [-0.3, -0.25) is 0 Å². The van der Waals surface area contributed by atoms with E-state index in [0.717, 1.165) is 38.0 Å². The standard InChI is InChI=1S/C21H34O3/c1-12(22)19-18(24)11-17-15-5-4-13-10-14(23)6-8-20(13,2)16(15)7-9-21(17,19)3/h13-19,22-24H,1,4-11H2,2-3H3/t13?,14-,15-,16+,17+,18?,19+,20+,21+/m1/s1. The average Bonchev–Trinajstić information content (AvgIpc) is 2.78. The first-order valence-corrected chi connectivity index (χ1v) is 10.0. The van der Waals surface area contributed by atoms with Gasteiger partial charge in [-0.1, -0.05) is 20.4 Å². The first-order valence-electron chi connectivity index (χ1n) is 10.0. The minimum absolute atomic E-state index is 0.00376. The van der Waals surface area contributed by atoms with E-state index < -0.39 is 6.10 Å². The SMILES string of the molecule is C=C(O)[C@H]1C(O)C[C@H]2[C@@H]3CCC4C[C@H](O)CC[C@]4(C)[C@H]3CC[C@]12C. The molecular formula is C21H34O3. The second-order valence-electron chi connectivity index (χ2n) is 9.90. The first-order chi connectivity index (χ1) is 11.3. The Labute approximate surface area is 146 Å². The van der Waals surface area contributed by atoms with Gasteiger partial charge in [0.1, 0.15) is 0 Å². The number of hydrogen-bond acceptors (Lipinski definition) is 3. The molecule has 9 atom stereocenters. The van der Waals surface area contributed by atoms with Gasteiger partial charge in [0.05, 0.1) is 18.0 Å². The summed E-state index contributed by atoms with van der Waals surface area (Å²) in [6.45, 7) is 8.55. The molecular weight excluding hydrogens is 300 g/mol. The van der Waals surface area contributed by atoms with Crippen LogP contribution in [0.1, 0.15) is 65.2 Å². The molecule has 3 N–H and O–H groups in total. The van der Waals surface area contributed by atoms with Gasteiger partial charge in [0.2, 0.25) is 0 Å². The Morgan fingerprint density at radius 3 is 2.33 bits per heavy atom. The Morgan fingerprint density at radius 1 is 0.917 bits per heavy atom. The quantitative estimate of drug-likeness (QED) is 0.634. The highest BCUT2D eigenvalue weighted by Gasteiger charge is 2.62. The molecule has 4 rings (SSSR count). The van der Waals surface area contributed by atoms with Crippen LogP contribution in [0.15, 0.2) is 12.3 Å². The number of aliphatic hydroxyl groups is 3. The maximum absolute atomic E-state index is 10.6. The van der Waals surface area contributed by atoms with Gasteiger partial charge >= 0.3 is 0 Å². The molecule has 3 nitrogen and oxygen atoms in total. The molecule has 0 aromatic heterocycles. The predicted octanol–water partition coefficient (Wildman–Crippen LogP) is 4.05. The van der Waals surface area contributed by atoms with Crippen LogP contribution >= 0.6 is 0 Å². The number of hydrogen-bond donors (Lipinski definition) is 3. The molecule has 4 fully saturated rings. The van der Waals surface area contributed by atoms with E-state index in [1.807, 2.05) is 0 Å². The van der Waals surface area contributed by atoms with Gasteiger partial charge in [0.15, 0.2) is 0 Å². The summed E-state index contributed by atoms with van der Waals surface area (Å²) in [5.41, 5.74) is 0.368. The van der Waals surface area contributed by atoms with Crippen molar-refractivity contribution in [2.45, 2.75) is 77.4 Å². The molecule has 2 unspecified atom stereocenters. The maximum Gasteiger partial charge on any atom is 0.0913 e. The highest BCUT2D eigenvalue weighted by Crippen LogP contribution is 2.67. The van der Waals surface area contributed by atoms with Crippen LogP contribution in [-0.4, -0.2) is 27.5 Å². The molecule has 0 heterocycles. The van der Waals surface area contributed by atoms with Crippen molar-refractivity contribution in [2.75, 3.05) is 0 Å². The Hall–Kier alpha value is -0.540. The fraction of sp³-hybridized carbons (Fsp3) is 0.905. The zero-order chi connectivity index (χ0) is 17.3. The summed E-state index contributed by atoms with van der Waals surface area (Å²) in [5, 5.41) is 30.8. The molecule has 4 saturated carbocycles. The lowest BCUT2D eigenvalue weighted by Gasteiger charge is -2.60. The van der Waals surface area contributed by atoms with Gasteiger partial charge in [-0.2, -0.15) is 0 Å². The van der Waals surface area contributed by atoms with Crippen LogP contribution in [0.4, 0.5) is 0 Å². The molecule has 0 bridgehead atoms. The summed E-state index contributed by atoms with van der Waals surface area (Å²) in [4.78, 5) is 0. The summed E-state index contributed by atoms with van der Waals surface area (Å²) >= 11 is 0. The third-order valence-corrected chi connectivity index (χ3v) is 9.03. The van der Waals surface area contributed by atoms with Crippen molar-refractivity contribution >= 4 is 0 Å². The van der Waals surface area contributed by atoms with Crippen molar-refractivity contribution in [1.29, 1.82) is 0 Å². The van der Waals surface area contributed by atoms with Crippen molar-refractivity contribution in [3.8, 4) is 0 Å². The summed E-state index contributed by atoms with van der Waals surface area (Å²) in [5.74, 6) is 2.60. The Bertz CT molecular complexity index is 531. The molecule has 0 spiro atoms. The van der Waals surface area contributed by atoms with Crippen molar-refractivity contribution in [2.24, 2.45) is 40.4 Å². The van der Waals surface area contributed by atoms with Crippen LogP contribution < -0.4 is 0 Å². The second-order valence-corrected chi connectivity index (χ2v) is 9.90. The largest absolute Gasteiger partial charge is 0.513 e. The van der Waals surface area contributed by atoms with Crippen LogP contribution in [0.5, 0.6) is 0 Å². The molecule has 0 aromatic carbocycles. The van der Waals surface area contributed by atoms with Gasteiger partial charge in [-0.25, -0.2) is 0 Å². The van der Waals surface area contributed by atoms with Gasteiger partial charge in [0, 0.05) is 5.92 Å². The monoisotopic (exact) mass is 334 g/mol. The molecule has 0 amide bonds. The molecule has 4 aliphatic carbocycles. The summed E-state index contributed by atoms with van der Waals surface area (Å²) in [6.07, 6.45) is 8.14. The zero-order valence-electron chi connectivity index (χ0n) is 15.2. The van der Waals surface area contributed by atoms with Gasteiger partial charge in [-0.05, 0) is 85.9 Å². The van der Waals surface area contributed by atoms with E-state index >= 15 is 0 Å². The predicted molar refractivity (Wildman–Crippen MR) is 94.4 cm³/mol. The van der Waals surface area contributed by atoms with Crippen molar-refractivity contribution in [1.82, 2.24) is 0 Å². The summed E-state index contributed by atoms with van der Waals surface area (Å²) < 4.78 is 0. The lowest BCUT2D eigenvalue weighted by molar-refractivity contribution is -0.126. The minimum Gasteiger partial charge on any atom is -0.513 e. The normalized spacial score (nSPS) is 56.9. The average molecular weight is 335 g/mol. The molecule has 0 aliphatic heterocycles. The van der Waals surface area contributed by atoms with Crippen LogP contribution in [0.2, 0.25) is 0 Å². The highest BCUT2D eigenvalue weighted by molar-refractivity contribution is 5.15. The third kappa shape index (κ3) is 2.16. The second kappa shape index (κ2) is 5.48. The van der Waals surface area contributed by atoms with E-state index in [-0.39, 0.29) is 23.2 Å². The lowest BCUT2D eigenvalue weighted by atomic mass is 9.44. The van der Waals surface area contributed by atoms with Gasteiger partial charge < -0.3 is 15.3 Å². The van der Waals surface area contributed by atoms with Crippen LogP contribution in [0, 0.1) is 40.4 Å². The Morgan fingerprint density at radius 2 is 1.62 bits per heavy atom. The summed E-state index contributed by atoms with van der Waals surface area (Å²) in [6, 6.07) is 0. The molecule has 0 saturated heterocycles. The van der Waals surface area contributed by atoms with Crippen LogP contribution in [-0.2, 0) is 0 Å². The summed E-state index contributed by atoms with van der Waals surface area (Å²) in [7, 11) is 0. The molecule has 136 valence electrons. The van der Waals surface area contributed by atoms with E-state index in [9.17, 15) is 15.3 Å². The Kier molecular flexibility index (Phi) is 3.86. The van der Waals surface area contributed by atoms with Crippen molar-refractivity contribution in [3.05, 3.63) is 12.3 Å². The molecule has 24 heavy (non-hydrogen) atoms. The van der Waals surface area contributed by atoms with E-state index in [0.29, 0.717) is 23.2 Å². The van der Waals surface area contributed by atoms with Gasteiger partial charge in [-0.15, -0.1) is 0 Å². The minimum atomic E-state index is -0.435. The van der Waals surface area contributed by atoms with E-state index in [1.54, 1.807) is 0 Å². The molecule has 0 radical (unpaired) electrons. The van der Waals surface area contributed by atoms with Crippen molar-refractivity contribution in [3.63, 3.8) is 0 Å². The molecule has 0 aromatic rings. The zero-order valence-corrected chi connectivity index (χ0v) is 15.2. The molecule has 3 heteroatoms. The van der Waals surface area contributed by atoms with E-state index in [1.165, 1.54) is 19.3 Å². The maximum atomic E-state index is 10.6. The smallest absolute Gasteiger partial charge is 0.0913 e. The highest BCUT2D eigenvalue weighted by atomic mass is 16.3. The van der Waals surface area contributed by atoms with Crippen LogP contribution in [0.25, 0.3) is 0 Å². The van der Waals surface area contributed by atoms with E-state index in [2.05, 4.69) is 20.4 Å². The fourth-order valence-electron chi connectivity index (χ4n) is 7.85. The molecule has 4 aliphatic rings. The van der Waals surface area contributed by atoms with Crippen molar-refractivity contribution < 1.29 is 15.3 Å². The Balaban J connectivity index is 1.64. The number of rotatable bonds is 1. The first kappa shape index (κ1) is 16.9. The number of aliphatic hydroxyl groups excluding tert-OH is 3. The van der Waals surface area contributed by atoms with Crippen LogP contribution in [0.3, 0.4) is 0 Å². The topological polar surface area (TPSA) is 60.7 Å². The lowest BCUT2D eigenvalue weighted by Crippen LogP contribution is -2.54. The number of fused-ring (bicyclic) bond motifs is 5. The third-order valence-electron chi connectivity index (χ3n) is 9.03. The fourth-order valence-corrected chi connectivity index (χ4v) is 7.85. The van der Waals surface area contributed by atoms with Gasteiger partial charge in [0.25, 0.3) is 0 Å².